The number of piperazine rings is 1. The van der Waals surface area contributed by atoms with Crippen LogP contribution in [-0.2, 0) is 0 Å². The first-order valence-electron chi connectivity index (χ1n) is 12.2. The zero-order valence-electron chi connectivity index (χ0n) is 20.4. The Labute approximate surface area is 203 Å². The van der Waals surface area contributed by atoms with Gasteiger partial charge in [0.2, 0.25) is 0 Å². The maximum atomic E-state index is 12.0. The van der Waals surface area contributed by atoms with Crippen molar-refractivity contribution in [1.29, 1.82) is 0 Å². The highest BCUT2D eigenvalue weighted by Crippen LogP contribution is 2.31. The minimum atomic E-state index is -0.328. The molecule has 3 aromatic rings. The molecule has 1 aliphatic rings. The van der Waals surface area contributed by atoms with Crippen LogP contribution in [0.3, 0.4) is 0 Å². The van der Waals surface area contributed by atoms with Crippen LogP contribution in [0.15, 0.2) is 84.9 Å². The first-order chi connectivity index (χ1) is 16.6. The van der Waals surface area contributed by atoms with Gasteiger partial charge in [-0.1, -0.05) is 72.8 Å². The van der Waals surface area contributed by atoms with Crippen LogP contribution < -0.4 is 4.74 Å². The lowest BCUT2D eigenvalue weighted by atomic mass is 9.96. The van der Waals surface area contributed by atoms with Gasteiger partial charge in [-0.3, -0.25) is 9.80 Å². The quantitative estimate of drug-likeness (QED) is 0.462. The van der Waals surface area contributed by atoms with Crippen LogP contribution in [0.1, 0.15) is 42.6 Å². The molecule has 0 N–H and O–H groups in total. The third-order valence-corrected chi connectivity index (χ3v) is 6.85. The predicted octanol–water partition coefficient (Wildman–Crippen LogP) is 5.61. The number of benzene rings is 3. The third-order valence-electron chi connectivity index (χ3n) is 6.85. The molecule has 1 saturated heterocycles. The van der Waals surface area contributed by atoms with E-state index in [0.717, 1.165) is 26.2 Å². The van der Waals surface area contributed by atoms with Crippen LogP contribution in [0.25, 0.3) is 0 Å². The number of carbonyl (C=O) groups is 1. The molecule has 4 rings (SSSR count). The summed E-state index contributed by atoms with van der Waals surface area (Å²) in [6, 6.07) is 30.1. The SMILES string of the molecule is CCN(C)C(=O)Oc1ccc(C(C)N2CCN(C(c3ccccc3)c3ccccc3)CC2)cc1. The van der Waals surface area contributed by atoms with Crippen LogP contribution in [0.2, 0.25) is 0 Å². The van der Waals surface area contributed by atoms with Crippen molar-refractivity contribution in [3.63, 3.8) is 0 Å². The fourth-order valence-electron chi connectivity index (χ4n) is 4.60. The second-order valence-corrected chi connectivity index (χ2v) is 8.92. The van der Waals surface area contributed by atoms with E-state index in [1.807, 2.05) is 19.1 Å². The first-order valence-corrected chi connectivity index (χ1v) is 12.2. The largest absolute Gasteiger partial charge is 0.414 e. The second-order valence-electron chi connectivity index (χ2n) is 8.92. The molecule has 5 heteroatoms. The minimum absolute atomic E-state index is 0.273. The van der Waals surface area contributed by atoms with Gasteiger partial charge < -0.3 is 9.64 Å². The summed E-state index contributed by atoms with van der Waals surface area (Å²) in [4.78, 5) is 18.7. The maximum absolute atomic E-state index is 12.0. The number of hydrogen-bond donors (Lipinski definition) is 0. The highest BCUT2D eigenvalue weighted by molar-refractivity contribution is 5.70. The van der Waals surface area contributed by atoms with Gasteiger partial charge in [0.25, 0.3) is 0 Å². The number of ether oxygens (including phenoxy) is 1. The van der Waals surface area contributed by atoms with Gasteiger partial charge in [0, 0.05) is 45.8 Å². The van der Waals surface area contributed by atoms with E-state index in [4.69, 9.17) is 4.74 Å². The Kier molecular flexibility index (Phi) is 7.99. The normalized spacial score (nSPS) is 15.8. The fraction of sp³-hybridized carbons (Fsp3) is 0.345. The molecule has 5 nitrogen and oxygen atoms in total. The van der Waals surface area contributed by atoms with E-state index in [0.29, 0.717) is 18.3 Å². The Balaban J connectivity index is 1.40. The van der Waals surface area contributed by atoms with Crippen molar-refractivity contribution in [2.24, 2.45) is 0 Å². The molecule has 178 valence electrons. The summed E-state index contributed by atoms with van der Waals surface area (Å²) >= 11 is 0. The van der Waals surface area contributed by atoms with E-state index >= 15 is 0 Å². The fourth-order valence-corrected chi connectivity index (χ4v) is 4.60. The molecular formula is C29H35N3O2. The van der Waals surface area contributed by atoms with E-state index in [2.05, 4.69) is 89.5 Å². The highest BCUT2D eigenvalue weighted by atomic mass is 16.6. The summed E-state index contributed by atoms with van der Waals surface area (Å²) in [5.41, 5.74) is 3.92. The number of rotatable bonds is 7. The summed E-state index contributed by atoms with van der Waals surface area (Å²) in [5, 5.41) is 0. The molecule has 3 aromatic carbocycles. The Bertz CT molecular complexity index is 992. The van der Waals surface area contributed by atoms with Gasteiger partial charge in [-0.05, 0) is 42.7 Å². The Morgan fingerprint density at radius 3 is 1.79 bits per heavy atom. The van der Waals surface area contributed by atoms with E-state index < -0.39 is 0 Å². The summed E-state index contributed by atoms with van der Waals surface area (Å²) in [5.74, 6) is 0.583. The van der Waals surface area contributed by atoms with Crippen molar-refractivity contribution in [2.75, 3.05) is 39.8 Å². The lowest BCUT2D eigenvalue weighted by Gasteiger charge is -2.42. The Hall–Kier alpha value is -3.15. The zero-order valence-corrected chi connectivity index (χ0v) is 20.4. The Morgan fingerprint density at radius 2 is 1.29 bits per heavy atom. The maximum Gasteiger partial charge on any atom is 0.414 e. The smallest absolute Gasteiger partial charge is 0.410 e. The van der Waals surface area contributed by atoms with Gasteiger partial charge in [0.15, 0.2) is 0 Å². The monoisotopic (exact) mass is 457 g/mol. The number of nitrogens with zero attached hydrogens (tertiary/aromatic N) is 3. The second kappa shape index (κ2) is 11.3. The van der Waals surface area contributed by atoms with Gasteiger partial charge in [0.05, 0.1) is 6.04 Å². The van der Waals surface area contributed by atoms with Crippen molar-refractivity contribution < 1.29 is 9.53 Å². The number of hydrogen-bond acceptors (Lipinski definition) is 4. The first kappa shape index (κ1) is 24.0. The minimum Gasteiger partial charge on any atom is -0.410 e. The van der Waals surface area contributed by atoms with Crippen LogP contribution >= 0.6 is 0 Å². The molecule has 0 aromatic heterocycles. The van der Waals surface area contributed by atoms with Gasteiger partial charge in [0.1, 0.15) is 5.75 Å². The summed E-state index contributed by atoms with van der Waals surface area (Å²) < 4.78 is 5.44. The summed E-state index contributed by atoms with van der Waals surface area (Å²) in [6.45, 7) is 8.84. The third kappa shape index (κ3) is 5.66. The average molecular weight is 458 g/mol. The number of carbonyl (C=O) groups excluding carboxylic acids is 1. The van der Waals surface area contributed by atoms with Crippen LogP contribution in [0.5, 0.6) is 5.75 Å². The van der Waals surface area contributed by atoms with E-state index in [9.17, 15) is 4.79 Å². The molecule has 0 spiro atoms. The van der Waals surface area contributed by atoms with Gasteiger partial charge in [-0.2, -0.15) is 0 Å². The average Bonchev–Trinajstić information content (AvgIpc) is 2.90. The van der Waals surface area contributed by atoms with E-state index in [1.54, 1.807) is 11.9 Å². The molecule has 1 amide bonds. The topological polar surface area (TPSA) is 36.0 Å². The molecular weight excluding hydrogens is 422 g/mol. The molecule has 34 heavy (non-hydrogen) atoms. The lowest BCUT2D eigenvalue weighted by molar-refractivity contribution is 0.0839. The van der Waals surface area contributed by atoms with Gasteiger partial charge >= 0.3 is 6.09 Å². The number of amides is 1. The highest BCUT2D eigenvalue weighted by Gasteiger charge is 2.28. The van der Waals surface area contributed by atoms with Crippen LogP contribution in [-0.4, -0.2) is 60.6 Å². The van der Waals surface area contributed by atoms with Crippen molar-refractivity contribution in [2.45, 2.75) is 25.9 Å². The molecule has 1 fully saturated rings. The standard InChI is InChI=1S/C29H35N3O2/c1-4-30(3)29(33)34-27-17-15-24(16-18-27)23(2)31-19-21-32(22-20-31)28(25-11-7-5-8-12-25)26-13-9-6-10-14-26/h5-18,23,28H,4,19-22H2,1-3H3. The van der Waals surface area contributed by atoms with Crippen LogP contribution in [0.4, 0.5) is 4.79 Å². The molecule has 1 unspecified atom stereocenters. The molecule has 0 radical (unpaired) electrons. The molecule has 1 heterocycles. The Morgan fingerprint density at radius 1 is 0.794 bits per heavy atom. The van der Waals surface area contributed by atoms with Crippen molar-refractivity contribution in [1.82, 2.24) is 14.7 Å². The van der Waals surface area contributed by atoms with Crippen LogP contribution in [0, 0.1) is 0 Å². The summed E-state index contributed by atoms with van der Waals surface area (Å²) in [7, 11) is 1.73. The van der Waals surface area contributed by atoms with E-state index in [-0.39, 0.29) is 12.1 Å². The summed E-state index contributed by atoms with van der Waals surface area (Å²) in [6.07, 6.45) is -0.328. The van der Waals surface area contributed by atoms with Crippen molar-refractivity contribution in [3.05, 3.63) is 102 Å². The van der Waals surface area contributed by atoms with Gasteiger partial charge in [-0.15, -0.1) is 0 Å². The van der Waals surface area contributed by atoms with Crippen molar-refractivity contribution >= 4 is 6.09 Å². The van der Waals surface area contributed by atoms with E-state index in [1.165, 1.54) is 16.7 Å². The predicted molar refractivity (Wildman–Crippen MR) is 137 cm³/mol. The molecule has 0 saturated carbocycles. The molecule has 0 bridgehead atoms. The zero-order chi connectivity index (χ0) is 23.9. The van der Waals surface area contributed by atoms with Gasteiger partial charge in [-0.25, -0.2) is 4.79 Å². The molecule has 1 aliphatic heterocycles. The molecule has 0 aliphatic carbocycles. The van der Waals surface area contributed by atoms with Crippen molar-refractivity contribution in [3.8, 4) is 5.75 Å². The lowest BCUT2D eigenvalue weighted by Crippen LogP contribution is -2.48. The molecule has 1 atom stereocenters.